The van der Waals surface area contributed by atoms with Crippen LogP contribution in [0.4, 0.5) is 0 Å². The van der Waals surface area contributed by atoms with Gasteiger partial charge in [-0.15, -0.1) is 0 Å². The molecular weight excluding hydrogens is 837 g/mol. The van der Waals surface area contributed by atoms with Crippen LogP contribution in [0.25, 0.3) is 22.3 Å². The Kier molecular flexibility index (Phi) is 19.7. The third-order valence-electron chi connectivity index (χ3n) is 11.9. The Morgan fingerprint density at radius 2 is 0.836 bits per heavy atom. The van der Waals surface area contributed by atoms with Crippen molar-refractivity contribution in [1.82, 2.24) is 0 Å². The number of aromatic carboxylic acids is 2. The zero-order chi connectivity index (χ0) is 48.3. The van der Waals surface area contributed by atoms with Gasteiger partial charge in [0, 0.05) is 5.56 Å². The van der Waals surface area contributed by atoms with Crippen LogP contribution in [0.15, 0.2) is 121 Å². The number of esters is 2. The molecule has 0 atom stereocenters. The maximum Gasteiger partial charge on any atom is 0.343 e. The van der Waals surface area contributed by atoms with Crippen molar-refractivity contribution < 1.29 is 38.9 Å². The maximum absolute atomic E-state index is 13.0. The van der Waals surface area contributed by atoms with E-state index < -0.39 is 23.9 Å². The Morgan fingerprint density at radius 1 is 0.418 bits per heavy atom. The molecule has 0 bridgehead atoms. The molecule has 0 amide bonds. The molecule has 0 unspecified atom stereocenters. The van der Waals surface area contributed by atoms with E-state index in [-0.39, 0.29) is 11.1 Å². The van der Waals surface area contributed by atoms with Gasteiger partial charge in [-0.2, -0.15) is 0 Å². The first-order valence-corrected chi connectivity index (χ1v) is 24.1. The average Bonchev–Trinajstić information content (AvgIpc) is 3.34. The number of aryl methyl sites for hydroxylation is 4. The highest BCUT2D eigenvalue weighted by Crippen LogP contribution is 2.44. The fourth-order valence-electron chi connectivity index (χ4n) is 8.71. The van der Waals surface area contributed by atoms with Crippen LogP contribution < -0.4 is 9.47 Å². The third kappa shape index (κ3) is 13.0. The Morgan fingerprint density at radius 3 is 1.30 bits per heavy atom. The van der Waals surface area contributed by atoms with Gasteiger partial charge in [0.25, 0.3) is 0 Å². The van der Waals surface area contributed by atoms with E-state index in [0.29, 0.717) is 40.2 Å². The van der Waals surface area contributed by atoms with Crippen molar-refractivity contribution in [3.8, 4) is 33.8 Å². The Bertz CT molecular complexity index is 2610. The molecule has 0 fully saturated rings. The molecule has 0 aliphatic rings. The van der Waals surface area contributed by atoms with E-state index in [1.54, 1.807) is 72.8 Å². The number of rotatable bonds is 21. The summed E-state index contributed by atoms with van der Waals surface area (Å²) >= 11 is 0. The molecule has 0 radical (unpaired) electrons. The average molecular weight is 903 g/mol. The van der Waals surface area contributed by atoms with Crippen LogP contribution >= 0.6 is 0 Å². The number of carboxylic acid groups (broad SMARTS) is 2. The highest BCUT2D eigenvalue weighted by atomic mass is 16.6. The minimum atomic E-state index is -0.984. The van der Waals surface area contributed by atoms with E-state index in [0.717, 1.165) is 116 Å². The highest BCUT2D eigenvalue weighted by molar-refractivity contribution is 6.04. The van der Waals surface area contributed by atoms with Gasteiger partial charge in [0.15, 0.2) is 11.5 Å². The summed E-state index contributed by atoms with van der Waals surface area (Å²) in [7, 11) is 0. The van der Waals surface area contributed by atoms with Crippen LogP contribution in [0.5, 0.6) is 11.5 Å². The van der Waals surface area contributed by atoms with Gasteiger partial charge < -0.3 is 19.7 Å². The maximum atomic E-state index is 13.0. The van der Waals surface area contributed by atoms with E-state index in [9.17, 15) is 29.4 Å². The standard InChI is InChI=1S/C30H34O4.C29H32O4/c1-4-7-14-20-19-21(12-5-2)27(23-15-8-10-17-25(23)29(31)32)28(22(20)13-6-3)24-16-9-11-18-26(24)30(33)34;1-4-7-15-23-20-24(14-5-2)26(32-28(30)21-16-10-8-11-17-21)27(25(23)6-3)33-29(31)22-18-12-9-13-19-22/h8-11,15-19H,4-7,12-14H2,1-3H3,(H,31,32)(H,33,34);8-13,16-20H,4-7,14-15H2,1-3H3. The van der Waals surface area contributed by atoms with Gasteiger partial charge in [-0.1, -0.05) is 159 Å². The number of carboxylic acids is 2. The summed E-state index contributed by atoms with van der Waals surface area (Å²) in [5.74, 6) is -2.17. The molecular formula is C59H66O8. The largest absolute Gasteiger partial charge is 0.478 e. The Labute approximate surface area is 397 Å². The lowest BCUT2D eigenvalue weighted by Crippen LogP contribution is -2.16. The number of hydrogen-bond donors (Lipinski definition) is 2. The smallest absolute Gasteiger partial charge is 0.343 e. The van der Waals surface area contributed by atoms with E-state index in [1.807, 2.05) is 43.3 Å². The molecule has 0 aliphatic heterocycles. The molecule has 6 aromatic carbocycles. The number of benzene rings is 6. The number of unbranched alkanes of at least 4 members (excludes halogenated alkanes) is 2. The third-order valence-corrected chi connectivity index (χ3v) is 11.9. The summed E-state index contributed by atoms with van der Waals surface area (Å²) < 4.78 is 11.9. The van der Waals surface area contributed by atoms with Crippen molar-refractivity contribution >= 4 is 23.9 Å². The molecule has 67 heavy (non-hydrogen) atoms. The monoisotopic (exact) mass is 902 g/mol. The van der Waals surface area contributed by atoms with Crippen LogP contribution in [-0.2, 0) is 38.5 Å². The van der Waals surface area contributed by atoms with Crippen LogP contribution in [0.2, 0.25) is 0 Å². The molecule has 0 heterocycles. The fourth-order valence-corrected chi connectivity index (χ4v) is 8.71. The topological polar surface area (TPSA) is 127 Å². The van der Waals surface area contributed by atoms with Gasteiger partial charge in [-0.05, 0) is 138 Å². The SMILES string of the molecule is CCCCc1cc(CCC)c(-c2ccccc2C(=O)O)c(-c2ccccc2C(=O)O)c1CCC.CCCCc1cc(CCC)c(OC(=O)c2ccccc2)c(OC(=O)c2ccccc2)c1CC. The molecule has 8 nitrogen and oxygen atoms in total. The molecule has 350 valence electrons. The lowest BCUT2D eigenvalue weighted by Gasteiger charge is -2.25. The second-order valence-corrected chi connectivity index (χ2v) is 16.8. The van der Waals surface area contributed by atoms with Gasteiger partial charge >= 0.3 is 23.9 Å². The van der Waals surface area contributed by atoms with E-state index in [2.05, 4.69) is 46.8 Å². The van der Waals surface area contributed by atoms with Crippen molar-refractivity contribution in [2.75, 3.05) is 0 Å². The van der Waals surface area contributed by atoms with Crippen LogP contribution in [0.3, 0.4) is 0 Å². The molecule has 0 spiro atoms. The number of hydrogen-bond acceptors (Lipinski definition) is 6. The zero-order valence-corrected chi connectivity index (χ0v) is 40.1. The Balaban J connectivity index is 0.000000251. The quantitative estimate of drug-likeness (QED) is 0.0540. The van der Waals surface area contributed by atoms with Crippen LogP contribution in [-0.4, -0.2) is 34.1 Å². The first kappa shape index (κ1) is 51.2. The minimum Gasteiger partial charge on any atom is -0.478 e. The summed E-state index contributed by atoms with van der Waals surface area (Å²) in [6.07, 6.45) is 11.7. The second-order valence-electron chi connectivity index (χ2n) is 16.8. The molecule has 8 heteroatoms. The second kappa shape index (κ2) is 25.8. The predicted octanol–water partition coefficient (Wildman–Crippen LogP) is 14.6. The van der Waals surface area contributed by atoms with Crippen LogP contribution in [0, 0.1) is 0 Å². The van der Waals surface area contributed by atoms with E-state index >= 15 is 0 Å². The van der Waals surface area contributed by atoms with Gasteiger partial charge in [-0.25, -0.2) is 19.2 Å². The van der Waals surface area contributed by atoms with Crippen molar-refractivity contribution in [1.29, 1.82) is 0 Å². The van der Waals surface area contributed by atoms with Crippen molar-refractivity contribution in [3.05, 3.63) is 177 Å². The van der Waals surface area contributed by atoms with Crippen LogP contribution in [0.1, 0.15) is 161 Å². The predicted molar refractivity (Wildman–Crippen MR) is 269 cm³/mol. The van der Waals surface area contributed by atoms with Gasteiger partial charge in [0.05, 0.1) is 22.3 Å². The van der Waals surface area contributed by atoms with E-state index in [1.165, 1.54) is 5.56 Å². The summed E-state index contributed by atoms with van der Waals surface area (Å²) in [6.45, 7) is 12.7. The van der Waals surface area contributed by atoms with Crippen molar-refractivity contribution in [2.45, 2.75) is 125 Å². The zero-order valence-electron chi connectivity index (χ0n) is 40.1. The molecule has 0 saturated heterocycles. The Hall–Kier alpha value is -6.80. The first-order valence-electron chi connectivity index (χ1n) is 24.1. The summed E-state index contributed by atoms with van der Waals surface area (Å²) in [4.78, 5) is 50.5. The number of carbonyl (C=O) groups excluding carboxylic acids is 2. The minimum absolute atomic E-state index is 0.234. The summed E-state index contributed by atoms with van der Waals surface area (Å²) in [5, 5.41) is 20.0. The molecule has 6 rings (SSSR count). The molecule has 6 aromatic rings. The normalized spacial score (nSPS) is 10.8. The van der Waals surface area contributed by atoms with Crippen molar-refractivity contribution in [3.63, 3.8) is 0 Å². The fraction of sp³-hybridized carbons (Fsp3) is 0.322. The van der Waals surface area contributed by atoms with E-state index in [4.69, 9.17) is 9.47 Å². The lowest BCUT2D eigenvalue weighted by atomic mass is 9.79. The summed E-state index contributed by atoms with van der Waals surface area (Å²) in [6, 6.07) is 36.3. The van der Waals surface area contributed by atoms with Gasteiger partial charge in [0.1, 0.15) is 0 Å². The molecule has 0 aromatic heterocycles. The summed E-state index contributed by atoms with van der Waals surface area (Å²) in [5.41, 5.74) is 10.9. The molecule has 0 aliphatic carbocycles. The van der Waals surface area contributed by atoms with Crippen molar-refractivity contribution in [2.24, 2.45) is 0 Å². The molecule has 2 N–H and O–H groups in total. The number of carbonyl (C=O) groups is 4. The first-order chi connectivity index (χ1) is 32.5. The van der Waals surface area contributed by atoms with Gasteiger partial charge in [0.2, 0.25) is 0 Å². The van der Waals surface area contributed by atoms with Gasteiger partial charge in [-0.3, -0.25) is 0 Å². The number of ether oxygens (including phenoxy) is 2. The molecule has 0 saturated carbocycles. The lowest BCUT2D eigenvalue weighted by molar-refractivity contribution is 0.0679. The highest BCUT2D eigenvalue weighted by Gasteiger charge is 2.27.